The third kappa shape index (κ3) is 3.22. The van der Waals surface area contributed by atoms with Crippen LogP contribution in [-0.2, 0) is 0 Å². The lowest BCUT2D eigenvalue weighted by Crippen LogP contribution is -2.34. The second-order valence-corrected chi connectivity index (χ2v) is 3.62. The number of nitrogens with one attached hydrogen (secondary N) is 1. The normalized spacial score (nSPS) is 11.6. The standard InChI is InChI=1S/C13H14FNO2/c1-3-6-9(4-2)15-13(17)12-10(14)7-5-8-11(12)16/h2,5,7-9,16H,3,6H2,1H3,(H,15,17). The Morgan fingerprint density at radius 3 is 2.88 bits per heavy atom. The number of phenols is 1. The number of hydrogen-bond donors (Lipinski definition) is 2. The van der Waals surface area contributed by atoms with Crippen LogP contribution in [0.3, 0.4) is 0 Å². The Bertz CT molecular complexity index is 431. The maximum absolute atomic E-state index is 13.4. The van der Waals surface area contributed by atoms with Crippen molar-refractivity contribution in [2.45, 2.75) is 25.8 Å². The maximum Gasteiger partial charge on any atom is 0.259 e. The molecule has 1 aromatic rings. The molecule has 0 heterocycles. The summed E-state index contributed by atoms with van der Waals surface area (Å²) >= 11 is 0. The van der Waals surface area contributed by atoms with Crippen LogP contribution in [0.2, 0.25) is 0 Å². The van der Waals surface area contributed by atoms with Crippen molar-refractivity contribution in [2.24, 2.45) is 0 Å². The number of amides is 1. The fraction of sp³-hybridized carbons (Fsp3) is 0.308. The summed E-state index contributed by atoms with van der Waals surface area (Å²) < 4.78 is 13.4. The van der Waals surface area contributed by atoms with Gasteiger partial charge in [-0.3, -0.25) is 4.79 Å². The van der Waals surface area contributed by atoms with E-state index in [1.165, 1.54) is 12.1 Å². The number of rotatable bonds is 4. The number of phenolic OH excluding ortho intramolecular Hbond substituents is 1. The topological polar surface area (TPSA) is 49.3 Å². The molecule has 1 aromatic carbocycles. The summed E-state index contributed by atoms with van der Waals surface area (Å²) in [4.78, 5) is 11.7. The fourth-order valence-electron chi connectivity index (χ4n) is 1.45. The van der Waals surface area contributed by atoms with Crippen LogP contribution in [0.5, 0.6) is 5.75 Å². The molecule has 1 unspecified atom stereocenters. The zero-order chi connectivity index (χ0) is 12.8. The molecule has 0 radical (unpaired) electrons. The van der Waals surface area contributed by atoms with Gasteiger partial charge in [-0.15, -0.1) is 6.42 Å². The molecule has 0 aromatic heterocycles. The van der Waals surface area contributed by atoms with Crippen molar-refractivity contribution in [1.82, 2.24) is 5.32 Å². The Labute approximate surface area is 99.7 Å². The first-order valence-electron chi connectivity index (χ1n) is 5.34. The molecule has 2 N–H and O–H groups in total. The summed E-state index contributed by atoms with van der Waals surface area (Å²) in [5.41, 5.74) is -0.371. The molecule has 0 saturated heterocycles. The number of halogens is 1. The van der Waals surface area contributed by atoms with E-state index in [0.717, 1.165) is 12.5 Å². The van der Waals surface area contributed by atoms with Gasteiger partial charge in [0.2, 0.25) is 0 Å². The van der Waals surface area contributed by atoms with Crippen LogP contribution in [0.1, 0.15) is 30.1 Å². The van der Waals surface area contributed by atoms with Gasteiger partial charge in [0.25, 0.3) is 5.91 Å². The molecule has 0 saturated carbocycles. The highest BCUT2D eigenvalue weighted by Crippen LogP contribution is 2.19. The van der Waals surface area contributed by atoms with Crippen molar-refractivity contribution in [3.05, 3.63) is 29.6 Å². The molecule has 1 amide bonds. The van der Waals surface area contributed by atoms with E-state index >= 15 is 0 Å². The zero-order valence-electron chi connectivity index (χ0n) is 9.53. The summed E-state index contributed by atoms with van der Waals surface area (Å²) in [6, 6.07) is 3.24. The van der Waals surface area contributed by atoms with E-state index in [2.05, 4.69) is 11.2 Å². The first kappa shape index (κ1) is 13.0. The first-order valence-corrected chi connectivity index (χ1v) is 5.34. The van der Waals surface area contributed by atoms with Gasteiger partial charge in [0.15, 0.2) is 0 Å². The van der Waals surface area contributed by atoms with Crippen LogP contribution in [0.15, 0.2) is 18.2 Å². The quantitative estimate of drug-likeness (QED) is 0.785. The SMILES string of the molecule is C#CC(CCC)NC(=O)c1c(O)cccc1F. The molecule has 0 aliphatic heterocycles. The Morgan fingerprint density at radius 2 is 2.35 bits per heavy atom. The van der Waals surface area contributed by atoms with Gasteiger partial charge in [0.1, 0.15) is 17.1 Å². The monoisotopic (exact) mass is 235 g/mol. The molecular weight excluding hydrogens is 221 g/mol. The van der Waals surface area contributed by atoms with E-state index in [4.69, 9.17) is 6.42 Å². The Morgan fingerprint density at radius 1 is 1.65 bits per heavy atom. The second-order valence-electron chi connectivity index (χ2n) is 3.62. The van der Waals surface area contributed by atoms with E-state index in [0.29, 0.717) is 6.42 Å². The Balaban J connectivity index is 2.87. The number of terminal acetylenes is 1. The van der Waals surface area contributed by atoms with Gasteiger partial charge < -0.3 is 10.4 Å². The van der Waals surface area contributed by atoms with Gasteiger partial charge in [0.05, 0.1) is 6.04 Å². The van der Waals surface area contributed by atoms with Crippen LogP contribution in [0.25, 0.3) is 0 Å². The lowest BCUT2D eigenvalue weighted by molar-refractivity contribution is 0.0937. The number of carbonyl (C=O) groups is 1. The van der Waals surface area contributed by atoms with Crippen molar-refractivity contribution in [1.29, 1.82) is 0 Å². The predicted molar refractivity (Wildman–Crippen MR) is 63.1 cm³/mol. The molecule has 0 spiro atoms. The molecule has 1 rings (SSSR count). The largest absolute Gasteiger partial charge is 0.507 e. The molecule has 0 fully saturated rings. The Hall–Kier alpha value is -2.02. The number of hydrogen-bond acceptors (Lipinski definition) is 2. The number of carbonyl (C=O) groups excluding carboxylic acids is 1. The zero-order valence-corrected chi connectivity index (χ0v) is 9.53. The lowest BCUT2D eigenvalue weighted by atomic mass is 10.1. The van der Waals surface area contributed by atoms with Gasteiger partial charge in [0, 0.05) is 0 Å². The number of aromatic hydroxyl groups is 1. The molecule has 0 aliphatic carbocycles. The van der Waals surface area contributed by atoms with Crippen LogP contribution >= 0.6 is 0 Å². The molecule has 3 nitrogen and oxygen atoms in total. The molecule has 4 heteroatoms. The average Bonchev–Trinajstić information content (AvgIpc) is 2.28. The second kappa shape index (κ2) is 5.90. The minimum Gasteiger partial charge on any atom is -0.507 e. The van der Waals surface area contributed by atoms with E-state index in [-0.39, 0.29) is 5.56 Å². The fourth-order valence-corrected chi connectivity index (χ4v) is 1.45. The molecule has 1 atom stereocenters. The summed E-state index contributed by atoms with van der Waals surface area (Å²) in [7, 11) is 0. The number of benzene rings is 1. The van der Waals surface area contributed by atoms with Crippen LogP contribution in [0, 0.1) is 18.2 Å². The van der Waals surface area contributed by atoms with E-state index in [1.54, 1.807) is 0 Å². The van der Waals surface area contributed by atoms with Gasteiger partial charge in [-0.05, 0) is 18.6 Å². The van der Waals surface area contributed by atoms with Crippen molar-refractivity contribution >= 4 is 5.91 Å². The Kier molecular flexibility index (Phi) is 4.53. The van der Waals surface area contributed by atoms with Gasteiger partial charge in [-0.1, -0.05) is 25.3 Å². The van der Waals surface area contributed by atoms with E-state index in [1.807, 2.05) is 6.92 Å². The highest BCUT2D eigenvalue weighted by Gasteiger charge is 2.18. The van der Waals surface area contributed by atoms with Gasteiger partial charge >= 0.3 is 0 Å². The molecule has 0 aliphatic rings. The summed E-state index contributed by atoms with van der Waals surface area (Å²) in [5.74, 6) is 0.547. The van der Waals surface area contributed by atoms with E-state index in [9.17, 15) is 14.3 Å². The maximum atomic E-state index is 13.4. The predicted octanol–water partition coefficient (Wildman–Crippen LogP) is 2.06. The molecule has 17 heavy (non-hydrogen) atoms. The first-order chi connectivity index (χ1) is 8.10. The summed E-state index contributed by atoms with van der Waals surface area (Å²) in [5, 5.41) is 11.9. The van der Waals surface area contributed by atoms with Crippen molar-refractivity contribution in [3.63, 3.8) is 0 Å². The highest BCUT2D eigenvalue weighted by molar-refractivity contribution is 5.97. The van der Waals surface area contributed by atoms with Crippen molar-refractivity contribution in [3.8, 4) is 18.1 Å². The smallest absolute Gasteiger partial charge is 0.259 e. The minimum atomic E-state index is -0.769. The summed E-state index contributed by atoms with van der Waals surface area (Å²) in [6.07, 6.45) is 6.65. The van der Waals surface area contributed by atoms with Gasteiger partial charge in [-0.25, -0.2) is 4.39 Å². The third-order valence-corrected chi connectivity index (χ3v) is 2.30. The third-order valence-electron chi connectivity index (χ3n) is 2.30. The lowest BCUT2D eigenvalue weighted by Gasteiger charge is -2.13. The van der Waals surface area contributed by atoms with Crippen molar-refractivity contribution in [2.75, 3.05) is 0 Å². The summed E-state index contributed by atoms with van der Waals surface area (Å²) in [6.45, 7) is 1.93. The van der Waals surface area contributed by atoms with Crippen LogP contribution < -0.4 is 5.32 Å². The minimum absolute atomic E-state index is 0.371. The van der Waals surface area contributed by atoms with E-state index < -0.39 is 23.5 Å². The molecule has 0 bridgehead atoms. The average molecular weight is 235 g/mol. The van der Waals surface area contributed by atoms with Gasteiger partial charge in [-0.2, -0.15) is 0 Å². The van der Waals surface area contributed by atoms with Crippen molar-refractivity contribution < 1.29 is 14.3 Å². The molecule has 90 valence electrons. The highest BCUT2D eigenvalue weighted by atomic mass is 19.1. The molecular formula is C13H14FNO2. The van der Waals surface area contributed by atoms with Crippen LogP contribution in [-0.4, -0.2) is 17.1 Å². The van der Waals surface area contributed by atoms with Crippen LogP contribution in [0.4, 0.5) is 4.39 Å².